The fraction of sp³-hybridized carbons (Fsp3) is 0.333. The molecule has 3 N–H and O–H groups in total. The highest BCUT2D eigenvalue weighted by molar-refractivity contribution is 9.10. The normalized spacial score (nSPS) is 11.1. The number of aliphatic carboxylic acids is 1. The van der Waals surface area contributed by atoms with Gasteiger partial charge in [0.05, 0.1) is 11.3 Å². The smallest absolute Gasteiger partial charge is 0.328 e. The zero-order valence-corrected chi connectivity index (χ0v) is 12.0. The van der Waals surface area contributed by atoms with E-state index in [0.29, 0.717) is 5.69 Å². The van der Waals surface area contributed by atoms with Crippen molar-refractivity contribution in [1.29, 1.82) is 0 Å². The van der Waals surface area contributed by atoms with Crippen LogP contribution < -0.4 is 10.6 Å². The van der Waals surface area contributed by atoms with Crippen molar-refractivity contribution in [1.82, 2.24) is 0 Å². The summed E-state index contributed by atoms with van der Waals surface area (Å²) in [7, 11) is 1.61. The van der Waals surface area contributed by atoms with Crippen LogP contribution in [0.1, 0.15) is 24.2 Å². The number of halogens is 1. The lowest BCUT2D eigenvalue weighted by atomic mass is 10.0. The Morgan fingerprint density at radius 2 is 1.94 bits per heavy atom. The van der Waals surface area contributed by atoms with E-state index in [0.717, 1.165) is 4.47 Å². The average molecular weight is 315 g/mol. The number of carboxylic acid groups (broad SMARTS) is 1. The summed E-state index contributed by atoms with van der Waals surface area (Å²) in [5, 5.41) is 9.20. The number of anilines is 1. The van der Waals surface area contributed by atoms with Crippen LogP contribution in [0.25, 0.3) is 0 Å². The molecule has 1 aromatic carbocycles. The molecular formula is C12H15BrN2O3. The third-order valence-corrected chi connectivity index (χ3v) is 3.44. The summed E-state index contributed by atoms with van der Waals surface area (Å²) in [5.74, 6) is -1.58. The summed E-state index contributed by atoms with van der Waals surface area (Å²) < 4.78 is 0.746. The monoisotopic (exact) mass is 314 g/mol. The van der Waals surface area contributed by atoms with Crippen molar-refractivity contribution in [2.75, 3.05) is 11.9 Å². The van der Waals surface area contributed by atoms with Crippen molar-refractivity contribution in [3.63, 3.8) is 0 Å². The molecule has 0 radical (unpaired) electrons. The summed E-state index contributed by atoms with van der Waals surface area (Å²) >= 11 is 3.29. The highest BCUT2D eigenvalue weighted by Gasteiger charge is 2.33. The largest absolute Gasteiger partial charge is 0.480 e. The minimum atomic E-state index is -1.15. The minimum absolute atomic E-state index is 0.287. The summed E-state index contributed by atoms with van der Waals surface area (Å²) in [6.45, 7) is 3.11. The number of amides is 1. The van der Waals surface area contributed by atoms with Gasteiger partial charge in [-0.05, 0) is 32.0 Å². The molecule has 18 heavy (non-hydrogen) atoms. The highest BCUT2D eigenvalue weighted by Crippen LogP contribution is 2.29. The van der Waals surface area contributed by atoms with Crippen molar-refractivity contribution in [2.45, 2.75) is 19.4 Å². The molecule has 0 unspecified atom stereocenters. The molecule has 0 aliphatic rings. The number of nitrogens with two attached hydrogens (primary N) is 1. The topological polar surface area (TPSA) is 83.6 Å². The maximum Gasteiger partial charge on any atom is 0.328 e. The van der Waals surface area contributed by atoms with E-state index in [4.69, 9.17) is 5.73 Å². The lowest BCUT2D eigenvalue weighted by Crippen LogP contribution is -2.48. The summed E-state index contributed by atoms with van der Waals surface area (Å²) in [6, 6.07) is 4.92. The van der Waals surface area contributed by atoms with E-state index in [2.05, 4.69) is 15.9 Å². The van der Waals surface area contributed by atoms with Gasteiger partial charge in [-0.3, -0.25) is 4.79 Å². The van der Waals surface area contributed by atoms with Crippen LogP contribution in [0.2, 0.25) is 0 Å². The second-order valence-corrected chi connectivity index (χ2v) is 5.36. The second kappa shape index (κ2) is 4.97. The van der Waals surface area contributed by atoms with Gasteiger partial charge in [0.15, 0.2) is 0 Å². The maximum atomic E-state index is 11.4. The molecular weight excluding hydrogens is 300 g/mol. The van der Waals surface area contributed by atoms with Gasteiger partial charge in [-0.1, -0.05) is 15.9 Å². The number of hydrogen-bond acceptors (Lipinski definition) is 3. The van der Waals surface area contributed by atoms with Crippen LogP contribution >= 0.6 is 15.9 Å². The SMILES string of the molecule is CN(c1cc(Br)ccc1C(N)=O)C(C)(C)C(=O)O. The van der Waals surface area contributed by atoms with Gasteiger partial charge in [0.2, 0.25) is 0 Å². The van der Waals surface area contributed by atoms with Crippen molar-refractivity contribution in [2.24, 2.45) is 5.73 Å². The summed E-state index contributed by atoms with van der Waals surface area (Å²) in [6.07, 6.45) is 0. The standard InChI is InChI=1S/C12H15BrN2O3/c1-12(2,11(17)18)15(3)9-6-7(13)4-5-8(9)10(14)16/h4-6H,1-3H3,(H2,14,16)(H,17,18). The minimum Gasteiger partial charge on any atom is -0.480 e. The quantitative estimate of drug-likeness (QED) is 0.888. The molecule has 0 aliphatic heterocycles. The van der Waals surface area contributed by atoms with Gasteiger partial charge >= 0.3 is 5.97 Å². The van der Waals surface area contributed by atoms with Crippen LogP contribution in [-0.4, -0.2) is 29.6 Å². The lowest BCUT2D eigenvalue weighted by molar-refractivity contribution is -0.142. The molecule has 6 heteroatoms. The molecule has 0 spiro atoms. The predicted molar refractivity (Wildman–Crippen MR) is 72.8 cm³/mol. The van der Waals surface area contributed by atoms with Crippen LogP contribution in [0.4, 0.5) is 5.69 Å². The zero-order valence-electron chi connectivity index (χ0n) is 10.4. The molecule has 1 rings (SSSR count). The molecule has 0 atom stereocenters. The zero-order chi connectivity index (χ0) is 14.1. The fourth-order valence-electron chi connectivity index (χ4n) is 1.44. The van der Waals surface area contributed by atoms with Crippen molar-refractivity contribution >= 4 is 33.5 Å². The number of rotatable bonds is 4. The van der Waals surface area contributed by atoms with E-state index in [1.165, 1.54) is 4.90 Å². The molecule has 0 aromatic heterocycles. The molecule has 1 aromatic rings. The Morgan fingerprint density at radius 3 is 2.39 bits per heavy atom. The first-order valence-electron chi connectivity index (χ1n) is 5.24. The molecule has 0 aliphatic carbocycles. The van der Waals surface area contributed by atoms with Gasteiger partial charge in [0.1, 0.15) is 5.54 Å². The number of hydrogen-bond donors (Lipinski definition) is 2. The van der Waals surface area contributed by atoms with E-state index < -0.39 is 17.4 Å². The van der Waals surface area contributed by atoms with E-state index in [1.54, 1.807) is 39.1 Å². The molecule has 0 heterocycles. The third kappa shape index (κ3) is 2.64. The van der Waals surface area contributed by atoms with Crippen LogP contribution in [-0.2, 0) is 4.79 Å². The first-order chi connectivity index (χ1) is 8.17. The van der Waals surface area contributed by atoms with Crippen molar-refractivity contribution < 1.29 is 14.7 Å². The lowest BCUT2D eigenvalue weighted by Gasteiger charge is -2.34. The second-order valence-electron chi connectivity index (χ2n) is 4.45. The van der Waals surface area contributed by atoms with Gasteiger partial charge in [-0.15, -0.1) is 0 Å². The number of carbonyl (C=O) groups is 2. The van der Waals surface area contributed by atoms with E-state index in [-0.39, 0.29) is 5.56 Å². The number of carbonyl (C=O) groups excluding carboxylic acids is 1. The van der Waals surface area contributed by atoms with Crippen molar-refractivity contribution in [3.05, 3.63) is 28.2 Å². The highest BCUT2D eigenvalue weighted by atomic mass is 79.9. The van der Waals surface area contributed by atoms with Crippen molar-refractivity contribution in [3.8, 4) is 0 Å². The molecule has 0 bridgehead atoms. The Kier molecular flexibility index (Phi) is 4.01. The Hall–Kier alpha value is -1.56. The molecule has 1 amide bonds. The first kappa shape index (κ1) is 14.5. The van der Waals surface area contributed by atoms with Gasteiger partial charge in [-0.25, -0.2) is 4.79 Å². The number of primary amides is 1. The number of likely N-dealkylation sites (N-methyl/N-ethyl adjacent to an activating group) is 1. The van der Waals surface area contributed by atoms with E-state index in [1.807, 2.05) is 0 Å². The number of benzene rings is 1. The van der Waals surface area contributed by atoms with Crippen LogP contribution in [0.5, 0.6) is 0 Å². The van der Waals surface area contributed by atoms with Gasteiger partial charge in [0, 0.05) is 11.5 Å². The molecule has 5 nitrogen and oxygen atoms in total. The molecule has 98 valence electrons. The Balaban J connectivity index is 3.36. The summed E-state index contributed by atoms with van der Waals surface area (Å²) in [4.78, 5) is 24.1. The first-order valence-corrected chi connectivity index (χ1v) is 6.03. The van der Waals surface area contributed by atoms with Crippen LogP contribution in [0.3, 0.4) is 0 Å². The van der Waals surface area contributed by atoms with E-state index in [9.17, 15) is 14.7 Å². The van der Waals surface area contributed by atoms with Gasteiger partial charge in [-0.2, -0.15) is 0 Å². The number of carboxylic acids is 1. The Labute approximate surface area is 114 Å². The van der Waals surface area contributed by atoms with Crippen LogP contribution in [0, 0.1) is 0 Å². The third-order valence-electron chi connectivity index (χ3n) is 2.95. The molecule has 0 fully saturated rings. The van der Waals surface area contributed by atoms with E-state index >= 15 is 0 Å². The predicted octanol–water partition coefficient (Wildman–Crippen LogP) is 1.85. The molecule has 0 saturated carbocycles. The van der Waals surface area contributed by atoms with Gasteiger partial charge < -0.3 is 15.7 Å². The summed E-state index contributed by atoms with van der Waals surface area (Å²) in [5.41, 5.74) is 4.91. The maximum absolute atomic E-state index is 11.4. The average Bonchev–Trinajstić information content (AvgIpc) is 2.27. The van der Waals surface area contributed by atoms with Crippen LogP contribution in [0.15, 0.2) is 22.7 Å². The Bertz CT molecular complexity index is 500. The molecule has 0 saturated heterocycles. The number of nitrogens with zero attached hydrogens (tertiary/aromatic N) is 1. The Morgan fingerprint density at radius 1 is 1.39 bits per heavy atom. The van der Waals surface area contributed by atoms with Gasteiger partial charge in [0.25, 0.3) is 5.91 Å². The fourth-order valence-corrected chi connectivity index (χ4v) is 1.78.